The summed E-state index contributed by atoms with van der Waals surface area (Å²) in [5.41, 5.74) is 0.457. The van der Waals surface area contributed by atoms with Crippen molar-refractivity contribution in [3.63, 3.8) is 0 Å². The minimum atomic E-state index is -0.903. The number of hydrazone groups is 1. The molecule has 7 nitrogen and oxygen atoms in total. The average molecular weight is 303 g/mol. The smallest absolute Gasteiger partial charge is 0.336 e. The molecule has 0 aromatic heterocycles. The third-order valence-corrected chi connectivity index (χ3v) is 2.81. The Balaban J connectivity index is 2.85. The van der Waals surface area contributed by atoms with Crippen LogP contribution in [-0.4, -0.2) is 43.4 Å². The van der Waals surface area contributed by atoms with Crippen molar-refractivity contribution >= 4 is 18.2 Å². The lowest BCUT2D eigenvalue weighted by Gasteiger charge is -2.22. The molecule has 0 amide bonds. The van der Waals surface area contributed by atoms with Gasteiger partial charge >= 0.3 is 11.9 Å². The molecule has 0 aliphatic rings. The molecule has 0 saturated heterocycles. The molecular weight excluding hydrogens is 286 g/mol. The number of benzene rings is 1. The molecule has 0 N–H and O–H groups in total. The second kappa shape index (κ2) is 8.42. The first-order valence-corrected chi connectivity index (χ1v) is 6.52. The zero-order valence-electron chi connectivity index (χ0n) is 12.6. The van der Waals surface area contributed by atoms with Gasteiger partial charge in [-0.05, 0) is 31.2 Å². The van der Waals surface area contributed by atoms with Crippen molar-refractivity contribution in [3.8, 4) is 11.8 Å². The first-order chi connectivity index (χ1) is 10.5. The van der Waals surface area contributed by atoms with Crippen LogP contribution < -0.4 is 4.74 Å². The highest BCUT2D eigenvalue weighted by Gasteiger charge is 2.28. The predicted octanol–water partition coefficient (Wildman–Crippen LogP) is 1.33. The Hall–Kier alpha value is -2.88. The number of nitriles is 1. The average Bonchev–Trinajstić information content (AvgIpc) is 2.53. The van der Waals surface area contributed by atoms with Gasteiger partial charge in [0.2, 0.25) is 0 Å². The summed E-state index contributed by atoms with van der Waals surface area (Å²) in [4.78, 5) is 23.7. The predicted molar refractivity (Wildman–Crippen MR) is 79.1 cm³/mol. The van der Waals surface area contributed by atoms with Crippen molar-refractivity contribution in [1.29, 1.82) is 5.26 Å². The summed E-state index contributed by atoms with van der Waals surface area (Å²) in [7, 11) is 2.81. The van der Waals surface area contributed by atoms with Crippen molar-refractivity contribution in [3.05, 3.63) is 29.8 Å². The number of carbonyl (C=O) groups is 2. The highest BCUT2D eigenvalue weighted by Crippen LogP contribution is 2.15. The summed E-state index contributed by atoms with van der Waals surface area (Å²) in [5.74, 6) is -0.893. The number of carbonyl (C=O) groups excluding carboxylic acids is 2. The fourth-order valence-electron chi connectivity index (χ4n) is 1.65. The Bertz CT molecular complexity index is 590. The van der Waals surface area contributed by atoms with Gasteiger partial charge < -0.3 is 9.47 Å². The van der Waals surface area contributed by atoms with E-state index < -0.39 is 18.0 Å². The number of nitrogens with zero attached hydrogens (tertiary/aromatic N) is 3. The molecule has 0 saturated carbocycles. The second-order valence-electron chi connectivity index (χ2n) is 4.30. The number of hydrogen-bond acceptors (Lipinski definition) is 7. The molecule has 22 heavy (non-hydrogen) atoms. The van der Waals surface area contributed by atoms with Gasteiger partial charge in [0.1, 0.15) is 5.75 Å². The largest absolute Gasteiger partial charge is 0.469 e. The molecule has 1 rings (SSSR count). The van der Waals surface area contributed by atoms with Crippen LogP contribution in [0, 0.1) is 11.3 Å². The van der Waals surface area contributed by atoms with Gasteiger partial charge in [-0.25, -0.2) is 4.79 Å². The van der Waals surface area contributed by atoms with Crippen molar-refractivity contribution < 1.29 is 19.1 Å². The van der Waals surface area contributed by atoms with Crippen LogP contribution >= 0.6 is 0 Å². The van der Waals surface area contributed by atoms with Crippen LogP contribution in [0.5, 0.6) is 5.75 Å². The molecule has 1 aromatic rings. The maximum Gasteiger partial charge on any atom is 0.336 e. The Kier molecular flexibility index (Phi) is 6.57. The molecule has 0 bridgehead atoms. The lowest BCUT2D eigenvalue weighted by Crippen LogP contribution is -2.40. The van der Waals surface area contributed by atoms with Gasteiger partial charge in [-0.2, -0.15) is 10.4 Å². The molecule has 0 spiro atoms. The first-order valence-electron chi connectivity index (χ1n) is 6.52. The number of ether oxygens (including phenoxy) is 2. The van der Waals surface area contributed by atoms with Gasteiger partial charge in [0, 0.05) is 13.3 Å². The SMILES string of the molecule is C/C=N/N(C)C(CC(=O)OC)C(=O)Oc1ccc(C#N)cc1. The van der Waals surface area contributed by atoms with E-state index in [2.05, 4.69) is 9.84 Å². The minimum Gasteiger partial charge on any atom is -0.469 e. The molecule has 1 aromatic carbocycles. The van der Waals surface area contributed by atoms with E-state index in [0.29, 0.717) is 5.56 Å². The van der Waals surface area contributed by atoms with Crippen LogP contribution in [0.4, 0.5) is 0 Å². The van der Waals surface area contributed by atoms with Crippen molar-refractivity contribution in [1.82, 2.24) is 5.01 Å². The summed E-state index contributed by atoms with van der Waals surface area (Å²) in [6.07, 6.45) is 1.32. The standard InChI is InChI=1S/C15H17N3O4/c1-4-17-18(2)13(9-14(19)21-3)15(20)22-12-7-5-11(10-16)6-8-12/h4-8,13H,9H2,1-3H3/b17-4+. The highest BCUT2D eigenvalue weighted by atomic mass is 16.5. The van der Waals surface area contributed by atoms with Crippen molar-refractivity contribution in [2.24, 2.45) is 5.10 Å². The number of hydrogen-bond donors (Lipinski definition) is 0. The third-order valence-electron chi connectivity index (χ3n) is 2.81. The van der Waals surface area contributed by atoms with Crippen LogP contribution in [0.1, 0.15) is 18.9 Å². The fourth-order valence-corrected chi connectivity index (χ4v) is 1.65. The van der Waals surface area contributed by atoms with Crippen molar-refractivity contribution in [2.45, 2.75) is 19.4 Å². The van der Waals surface area contributed by atoms with Gasteiger partial charge in [0.25, 0.3) is 0 Å². The highest BCUT2D eigenvalue weighted by molar-refractivity contribution is 5.84. The van der Waals surface area contributed by atoms with Gasteiger partial charge in [0.15, 0.2) is 6.04 Å². The Morgan fingerprint density at radius 2 is 2.05 bits per heavy atom. The summed E-state index contributed by atoms with van der Waals surface area (Å²) in [5, 5.41) is 14.0. The Morgan fingerprint density at radius 1 is 1.41 bits per heavy atom. The summed E-state index contributed by atoms with van der Waals surface area (Å²) >= 11 is 0. The molecule has 116 valence electrons. The topological polar surface area (TPSA) is 92.0 Å². The molecule has 0 heterocycles. The van der Waals surface area contributed by atoms with E-state index in [1.165, 1.54) is 42.6 Å². The maximum absolute atomic E-state index is 12.2. The third kappa shape index (κ3) is 4.90. The second-order valence-corrected chi connectivity index (χ2v) is 4.30. The van der Waals surface area contributed by atoms with Gasteiger partial charge in [0.05, 0.1) is 25.2 Å². The van der Waals surface area contributed by atoms with E-state index in [4.69, 9.17) is 10.00 Å². The van der Waals surface area contributed by atoms with E-state index >= 15 is 0 Å². The molecule has 1 atom stereocenters. The number of esters is 2. The molecule has 0 fully saturated rings. The van der Waals surface area contributed by atoms with Gasteiger partial charge in [-0.15, -0.1) is 0 Å². The Labute approximate surface area is 128 Å². The summed E-state index contributed by atoms with van der Waals surface area (Å²) in [6.45, 7) is 1.69. The molecule has 7 heteroatoms. The molecular formula is C15H17N3O4. The summed E-state index contributed by atoms with van der Waals surface area (Å²) < 4.78 is 9.80. The maximum atomic E-state index is 12.2. The zero-order valence-corrected chi connectivity index (χ0v) is 12.6. The van der Waals surface area contributed by atoms with Crippen LogP contribution in [0.15, 0.2) is 29.4 Å². The summed E-state index contributed by atoms with van der Waals surface area (Å²) in [6, 6.07) is 7.15. The van der Waals surface area contributed by atoms with E-state index in [0.717, 1.165) is 0 Å². The quantitative estimate of drug-likeness (QED) is 0.341. The fraction of sp³-hybridized carbons (Fsp3) is 0.333. The van der Waals surface area contributed by atoms with Crippen LogP contribution in [0.3, 0.4) is 0 Å². The minimum absolute atomic E-state index is 0.181. The van der Waals surface area contributed by atoms with Crippen molar-refractivity contribution in [2.75, 3.05) is 14.2 Å². The van der Waals surface area contributed by atoms with E-state index in [9.17, 15) is 9.59 Å². The van der Waals surface area contributed by atoms with E-state index in [1.54, 1.807) is 14.0 Å². The number of methoxy groups -OCH3 is 1. The van der Waals surface area contributed by atoms with Crippen LogP contribution in [0.2, 0.25) is 0 Å². The lowest BCUT2D eigenvalue weighted by atomic mass is 10.2. The molecule has 0 aliphatic heterocycles. The van der Waals surface area contributed by atoms with E-state index in [1.807, 2.05) is 6.07 Å². The molecule has 0 aliphatic carbocycles. The number of likely N-dealkylation sites (N-methyl/N-ethyl adjacent to an activating group) is 1. The molecule has 0 radical (unpaired) electrons. The van der Waals surface area contributed by atoms with Crippen LogP contribution in [-0.2, 0) is 14.3 Å². The first kappa shape index (κ1) is 17.2. The normalized spacial score (nSPS) is 11.5. The number of rotatable bonds is 6. The Morgan fingerprint density at radius 3 is 2.55 bits per heavy atom. The monoisotopic (exact) mass is 303 g/mol. The van der Waals surface area contributed by atoms with Gasteiger partial charge in [-0.3, -0.25) is 9.80 Å². The molecule has 1 unspecified atom stereocenters. The van der Waals surface area contributed by atoms with E-state index in [-0.39, 0.29) is 12.2 Å². The lowest BCUT2D eigenvalue weighted by molar-refractivity contribution is -0.149. The zero-order chi connectivity index (χ0) is 16.5. The van der Waals surface area contributed by atoms with Crippen LogP contribution in [0.25, 0.3) is 0 Å². The van der Waals surface area contributed by atoms with Gasteiger partial charge in [-0.1, -0.05) is 0 Å².